The second-order valence-electron chi connectivity index (χ2n) is 4.91. The molecule has 0 amide bonds. The van der Waals surface area contributed by atoms with Gasteiger partial charge < -0.3 is 9.30 Å². The van der Waals surface area contributed by atoms with Gasteiger partial charge in [0.2, 0.25) is 5.28 Å². The Hall–Kier alpha value is -1.40. The molecule has 0 aromatic carbocycles. The first-order chi connectivity index (χ1) is 8.76. The number of esters is 1. The first-order valence-corrected chi connectivity index (χ1v) is 6.27. The topological polar surface area (TPSA) is 69.9 Å². The largest absolute Gasteiger partial charge is 0.459 e. The first kappa shape index (κ1) is 14.0. The summed E-state index contributed by atoms with van der Waals surface area (Å²) in [4.78, 5) is 23.6. The molecule has 0 saturated carbocycles. The minimum absolute atomic E-state index is 0.00318. The summed E-state index contributed by atoms with van der Waals surface area (Å²) >= 11 is 11.6. The lowest BCUT2D eigenvalue weighted by atomic mass is 10.2. The number of fused-ring (bicyclic) bond motifs is 1. The fourth-order valence-electron chi connectivity index (χ4n) is 1.51. The molecule has 2 heterocycles. The zero-order valence-electron chi connectivity index (χ0n) is 10.6. The van der Waals surface area contributed by atoms with Gasteiger partial charge in [0.25, 0.3) is 0 Å². The molecule has 0 atom stereocenters. The molecule has 0 aliphatic heterocycles. The monoisotopic (exact) mass is 302 g/mol. The number of aromatic nitrogens is 4. The molecule has 2 rings (SSSR count). The smallest absolute Gasteiger partial charge is 0.326 e. The molecule has 0 aliphatic carbocycles. The molecular weight excluding hydrogens is 291 g/mol. The molecular formula is C11H12Cl2N4O2. The van der Waals surface area contributed by atoms with Crippen LogP contribution in [0.3, 0.4) is 0 Å². The van der Waals surface area contributed by atoms with Crippen molar-refractivity contribution in [3.63, 3.8) is 0 Å². The highest BCUT2D eigenvalue weighted by Gasteiger charge is 2.18. The number of hydrogen-bond donors (Lipinski definition) is 0. The summed E-state index contributed by atoms with van der Waals surface area (Å²) in [6, 6.07) is 0. The maximum Gasteiger partial charge on any atom is 0.326 e. The highest BCUT2D eigenvalue weighted by molar-refractivity contribution is 6.35. The van der Waals surface area contributed by atoms with Crippen LogP contribution in [-0.2, 0) is 16.1 Å². The van der Waals surface area contributed by atoms with E-state index in [2.05, 4.69) is 15.0 Å². The minimum atomic E-state index is -0.544. The van der Waals surface area contributed by atoms with Crippen LogP contribution in [0.25, 0.3) is 11.2 Å². The summed E-state index contributed by atoms with van der Waals surface area (Å²) in [6.07, 6.45) is 1.45. The van der Waals surface area contributed by atoms with Crippen LogP contribution >= 0.6 is 23.2 Å². The van der Waals surface area contributed by atoms with Gasteiger partial charge in [-0.1, -0.05) is 11.6 Å². The Morgan fingerprint density at radius 3 is 2.68 bits per heavy atom. The molecule has 102 valence electrons. The van der Waals surface area contributed by atoms with Crippen molar-refractivity contribution in [2.75, 3.05) is 0 Å². The van der Waals surface area contributed by atoms with Crippen LogP contribution in [0.2, 0.25) is 10.4 Å². The molecule has 2 aromatic rings. The summed E-state index contributed by atoms with van der Waals surface area (Å²) < 4.78 is 6.74. The average Bonchev–Trinajstić information content (AvgIpc) is 2.58. The molecule has 0 bridgehead atoms. The van der Waals surface area contributed by atoms with E-state index in [1.165, 1.54) is 10.9 Å². The van der Waals surface area contributed by atoms with Gasteiger partial charge in [-0.25, -0.2) is 9.97 Å². The molecule has 6 nitrogen and oxygen atoms in total. The summed E-state index contributed by atoms with van der Waals surface area (Å²) in [5.41, 5.74) is 0.253. The zero-order chi connectivity index (χ0) is 14.2. The van der Waals surface area contributed by atoms with Gasteiger partial charge in [0.15, 0.2) is 10.8 Å². The van der Waals surface area contributed by atoms with E-state index < -0.39 is 11.6 Å². The number of nitrogens with zero attached hydrogens (tertiary/aromatic N) is 4. The highest BCUT2D eigenvalue weighted by Crippen LogP contribution is 2.20. The Morgan fingerprint density at radius 1 is 1.37 bits per heavy atom. The van der Waals surface area contributed by atoms with E-state index in [4.69, 9.17) is 27.9 Å². The van der Waals surface area contributed by atoms with Crippen LogP contribution in [0.15, 0.2) is 6.33 Å². The Kier molecular flexibility index (Phi) is 3.64. The van der Waals surface area contributed by atoms with Gasteiger partial charge in [-0.2, -0.15) is 4.98 Å². The van der Waals surface area contributed by atoms with Crippen molar-refractivity contribution < 1.29 is 9.53 Å². The number of carbonyl (C=O) groups excluding carboxylic acids is 1. The number of carbonyl (C=O) groups is 1. The van der Waals surface area contributed by atoms with E-state index in [1.54, 1.807) is 20.8 Å². The van der Waals surface area contributed by atoms with Gasteiger partial charge in [0.1, 0.15) is 17.7 Å². The number of hydrogen-bond acceptors (Lipinski definition) is 5. The first-order valence-electron chi connectivity index (χ1n) is 5.52. The number of rotatable bonds is 2. The second kappa shape index (κ2) is 4.94. The lowest BCUT2D eigenvalue weighted by Gasteiger charge is -2.19. The van der Waals surface area contributed by atoms with Crippen molar-refractivity contribution in [1.29, 1.82) is 0 Å². The van der Waals surface area contributed by atoms with Gasteiger partial charge in [-0.05, 0) is 32.4 Å². The molecule has 2 aromatic heterocycles. The fourth-order valence-corrected chi connectivity index (χ4v) is 1.93. The standard InChI is InChI=1S/C11H12Cl2N4O2/c1-11(2,3)19-6(18)4-17-5-14-7-8(12)15-10(13)16-9(7)17/h5H,4H2,1-3H3. The summed E-state index contributed by atoms with van der Waals surface area (Å²) in [7, 11) is 0. The third-order valence-corrected chi connectivity index (χ3v) is 2.55. The average molecular weight is 303 g/mol. The van der Waals surface area contributed by atoms with Gasteiger partial charge in [-0.3, -0.25) is 4.79 Å². The second-order valence-corrected chi connectivity index (χ2v) is 5.61. The van der Waals surface area contributed by atoms with Crippen molar-refractivity contribution in [2.45, 2.75) is 32.9 Å². The van der Waals surface area contributed by atoms with Crippen molar-refractivity contribution in [1.82, 2.24) is 19.5 Å². The predicted octanol–water partition coefficient (Wildman–Crippen LogP) is 2.47. The molecule has 0 saturated heterocycles. The van der Waals surface area contributed by atoms with E-state index in [9.17, 15) is 4.79 Å². The molecule has 8 heteroatoms. The lowest BCUT2D eigenvalue weighted by Crippen LogP contribution is -2.26. The third-order valence-electron chi connectivity index (χ3n) is 2.11. The van der Waals surface area contributed by atoms with Crippen LogP contribution in [0.1, 0.15) is 20.8 Å². The molecule has 0 N–H and O–H groups in total. The summed E-state index contributed by atoms with van der Waals surface area (Å²) in [5.74, 6) is -0.391. The van der Waals surface area contributed by atoms with Crippen molar-refractivity contribution >= 4 is 40.3 Å². The Morgan fingerprint density at radius 2 is 2.05 bits per heavy atom. The van der Waals surface area contributed by atoms with E-state index >= 15 is 0 Å². The summed E-state index contributed by atoms with van der Waals surface area (Å²) in [5, 5.41) is 0.154. The molecule has 0 spiro atoms. The summed E-state index contributed by atoms with van der Waals surface area (Å²) in [6.45, 7) is 5.38. The third kappa shape index (κ3) is 3.33. The quantitative estimate of drug-likeness (QED) is 0.484. The van der Waals surface area contributed by atoms with E-state index in [-0.39, 0.29) is 17.0 Å². The van der Waals surface area contributed by atoms with E-state index in [0.717, 1.165) is 0 Å². The number of ether oxygens (including phenoxy) is 1. The van der Waals surface area contributed by atoms with Crippen molar-refractivity contribution in [3.05, 3.63) is 16.8 Å². The van der Waals surface area contributed by atoms with Crippen LogP contribution in [0.4, 0.5) is 0 Å². The van der Waals surface area contributed by atoms with Gasteiger partial charge in [0.05, 0.1) is 6.33 Å². The predicted molar refractivity (Wildman–Crippen MR) is 71.2 cm³/mol. The van der Waals surface area contributed by atoms with Crippen molar-refractivity contribution in [2.24, 2.45) is 0 Å². The number of halogens is 2. The molecule has 0 fully saturated rings. The highest BCUT2D eigenvalue weighted by atomic mass is 35.5. The van der Waals surface area contributed by atoms with Crippen LogP contribution in [0.5, 0.6) is 0 Å². The molecule has 0 unspecified atom stereocenters. The molecule has 0 radical (unpaired) electrons. The van der Waals surface area contributed by atoms with E-state index in [0.29, 0.717) is 11.2 Å². The van der Waals surface area contributed by atoms with Gasteiger partial charge in [0, 0.05) is 0 Å². The van der Waals surface area contributed by atoms with Gasteiger partial charge >= 0.3 is 5.97 Å². The lowest BCUT2D eigenvalue weighted by molar-refractivity contribution is -0.155. The minimum Gasteiger partial charge on any atom is -0.459 e. The van der Waals surface area contributed by atoms with Gasteiger partial charge in [-0.15, -0.1) is 0 Å². The van der Waals surface area contributed by atoms with Crippen LogP contribution in [-0.4, -0.2) is 31.1 Å². The maximum atomic E-state index is 11.8. The SMILES string of the molecule is CC(C)(C)OC(=O)Cn1cnc2c(Cl)nc(Cl)nc21. The Bertz CT molecular complexity index is 633. The fraction of sp³-hybridized carbons (Fsp3) is 0.455. The zero-order valence-corrected chi connectivity index (χ0v) is 12.2. The Balaban J connectivity index is 2.29. The normalized spacial score (nSPS) is 11.8. The van der Waals surface area contributed by atoms with E-state index in [1.807, 2.05) is 0 Å². The van der Waals surface area contributed by atoms with Crippen molar-refractivity contribution in [3.8, 4) is 0 Å². The Labute approximate surface area is 119 Å². The van der Waals surface area contributed by atoms with Crippen LogP contribution in [0, 0.1) is 0 Å². The molecule has 0 aliphatic rings. The molecule has 19 heavy (non-hydrogen) atoms. The number of imidazole rings is 1. The maximum absolute atomic E-state index is 11.8. The van der Waals surface area contributed by atoms with Crippen LogP contribution < -0.4 is 0 Å².